The van der Waals surface area contributed by atoms with Crippen LogP contribution in [0.3, 0.4) is 0 Å². The first-order valence-corrected chi connectivity index (χ1v) is 11.9. The second-order valence-electron chi connectivity index (χ2n) is 8.99. The zero-order chi connectivity index (χ0) is 24.9. The largest absolute Gasteiger partial charge is 0.305 e. The lowest BCUT2D eigenvalue weighted by atomic mass is 9.89. The van der Waals surface area contributed by atoms with Gasteiger partial charge >= 0.3 is 0 Å². The van der Waals surface area contributed by atoms with Gasteiger partial charge in [-0.3, -0.25) is 9.59 Å². The summed E-state index contributed by atoms with van der Waals surface area (Å²) in [5.41, 5.74) is 4.13. The monoisotopic (exact) mass is 487 g/mol. The summed E-state index contributed by atoms with van der Waals surface area (Å²) < 4.78 is 1.59. The minimum absolute atomic E-state index is 0.0490. The van der Waals surface area contributed by atoms with Gasteiger partial charge in [-0.1, -0.05) is 48.0 Å². The quantitative estimate of drug-likeness (QED) is 0.384. The van der Waals surface area contributed by atoms with E-state index in [1.54, 1.807) is 29.7 Å². The van der Waals surface area contributed by atoms with Crippen LogP contribution in [0.1, 0.15) is 47.9 Å². The molecule has 0 saturated carbocycles. The van der Waals surface area contributed by atoms with Crippen molar-refractivity contribution in [1.82, 2.24) is 14.8 Å². The SMILES string of the molecule is CC(=O)N(c1ccccc1)C1CC(C)N(C(=O)c2nn(C)c3ncc(C)c(Cl)c23)c2ccccc21. The number of carbonyl (C=O) groups is 2. The second-order valence-corrected chi connectivity index (χ2v) is 9.36. The first kappa shape index (κ1) is 23.1. The van der Waals surface area contributed by atoms with Gasteiger partial charge < -0.3 is 9.80 Å². The minimum Gasteiger partial charge on any atom is -0.305 e. The summed E-state index contributed by atoms with van der Waals surface area (Å²) in [6.45, 7) is 5.44. The van der Waals surface area contributed by atoms with Gasteiger partial charge in [0.2, 0.25) is 5.91 Å². The Bertz CT molecular complexity index is 1450. The highest BCUT2D eigenvalue weighted by atomic mass is 35.5. The number of para-hydroxylation sites is 2. The van der Waals surface area contributed by atoms with Crippen LogP contribution < -0.4 is 9.80 Å². The fraction of sp³-hybridized carbons (Fsp3) is 0.259. The van der Waals surface area contributed by atoms with Gasteiger partial charge in [0.1, 0.15) is 0 Å². The molecule has 8 heteroatoms. The number of fused-ring (bicyclic) bond motifs is 2. The maximum absolute atomic E-state index is 14.0. The molecular weight excluding hydrogens is 462 g/mol. The zero-order valence-corrected chi connectivity index (χ0v) is 20.8. The topological polar surface area (TPSA) is 71.3 Å². The number of carbonyl (C=O) groups excluding carboxylic acids is 2. The lowest BCUT2D eigenvalue weighted by Crippen LogP contribution is -2.47. The van der Waals surface area contributed by atoms with Gasteiger partial charge in [0, 0.05) is 37.6 Å². The highest BCUT2D eigenvalue weighted by Gasteiger charge is 2.39. The minimum atomic E-state index is -0.239. The molecule has 0 N–H and O–H groups in total. The average molecular weight is 488 g/mol. The molecule has 5 rings (SSSR count). The molecule has 0 saturated heterocycles. The van der Waals surface area contributed by atoms with Crippen LogP contribution in [-0.2, 0) is 11.8 Å². The molecule has 3 heterocycles. The predicted molar refractivity (Wildman–Crippen MR) is 138 cm³/mol. The summed E-state index contributed by atoms with van der Waals surface area (Å²) in [4.78, 5) is 34.9. The van der Waals surface area contributed by atoms with E-state index < -0.39 is 0 Å². The summed E-state index contributed by atoms with van der Waals surface area (Å²) in [5, 5.41) is 5.55. The van der Waals surface area contributed by atoms with Crippen LogP contribution in [0.2, 0.25) is 5.02 Å². The molecule has 0 spiro atoms. The van der Waals surface area contributed by atoms with Gasteiger partial charge in [0.15, 0.2) is 11.3 Å². The van der Waals surface area contributed by atoms with E-state index >= 15 is 0 Å². The summed E-state index contributed by atoms with van der Waals surface area (Å²) in [6, 6.07) is 17.0. The summed E-state index contributed by atoms with van der Waals surface area (Å²) >= 11 is 6.62. The number of anilines is 2. The van der Waals surface area contributed by atoms with Crippen LogP contribution in [0.5, 0.6) is 0 Å². The standard InChI is InChI=1S/C27H26ClN5O2/c1-16-15-29-26-23(24(16)28)25(30-31(26)4)27(35)32-17(2)14-22(20-12-8-9-13-21(20)32)33(18(3)34)19-10-6-5-7-11-19/h5-13,15,17,22H,14H2,1-4H3. The molecule has 2 unspecified atom stereocenters. The molecule has 7 nitrogen and oxygen atoms in total. The van der Waals surface area contributed by atoms with Crippen LogP contribution in [0.15, 0.2) is 60.8 Å². The zero-order valence-electron chi connectivity index (χ0n) is 20.1. The number of hydrogen-bond donors (Lipinski definition) is 0. The lowest BCUT2D eigenvalue weighted by Gasteiger charge is -2.43. The van der Waals surface area contributed by atoms with E-state index in [9.17, 15) is 9.59 Å². The van der Waals surface area contributed by atoms with E-state index in [0.717, 1.165) is 22.5 Å². The van der Waals surface area contributed by atoms with Crippen LogP contribution >= 0.6 is 11.6 Å². The van der Waals surface area contributed by atoms with Crippen molar-refractivity contribution in [3.63, 3.8) is 0 Å². The van der Waals surface area contributed by atoms with E-state index in [1.165, 1.54) is 0 Å². The molecular formula is C27H26ClN5O2. The number of nitrogens with zero attached hydrogens (tertiary/aromatic N) is 5. The van der Waals surface area contributed by atoms with E-state index in [0.29, 0.717) is 22.5 Å². The number of benzene rings is 2. The van der Waals surface area contributed by atoms with Crippen molar-refractivity contribution >= 4 is 45.8 Å². The van der Waals surface area contributed by atoms with E-state index in [4.69, 9.17) is 11.6 Å². The van der Waals surface area contributed by atoms with Crippen LogP contribution in [0.4, 0.5) is 11.4 Å². The van der Waals surface area contributed by atoms with Crippen LogP contribution in [0, 0.1) is 6.92 Å². The summed E-state index contributed by atoms with van der Waals surface area (Å²) in [6.07, 6.45) is 2.26. The highest BCUT2D eigenvalue weighted by Crippen LogP contribution is 2.43. The van der Waals surface area contributed by atoms with Gasteiger partial charge in [-0.25, -0.2) is 9.67 Å². The average Bonchev–Trinajstić information content (AvgIpc) is 3.18. The number of hydrogen-bond acceptors (Lipinski definition) is 4. The molecule has 0 aliphatic carbocycles. The third-order valence-corrected chi connectivity index (χ3v) is 7.12. The van der Waals surface area contributed by atoms with Crippen LogP contribution in [-0.4, -0.2) is 32.6 Å². The van der Waals surface area contributed by atoms with Crippen molar-refractivity contribution in [3.05, 3.63) is 82.6 Å². The Morgan fingerprint density at radius 3 is 2.49 bits per heavy atom. The molecule has 2 atom stereocenters. The summed E-state index contributed by atoms with van der Waals surface area (Å²) in [7, 11) is 1.76. The second kappa shape index (κ2) is 8.82. The third kappa shape index (κ3) is 3.76. The molecule has 0 bridgehead atoms. The number of amides is 2. The highest BCUT2D eigenvalue weighted by molar-refractivity contribution is 6.37. The van der Waals surface area contributed by atoms with Crippen molar-refractivity contribution < 1.29 is 9.59 Å². The summed E-state index contributed by atoms with van der Waals surface area (Å²) in [5.74, 6) is -0.288. The van der Waals surface area contributed by atoms with Crippen molar-refractivity contribution in [2.45, 2.75) is 39.3 Å². The normalized spacial score (nSPS) is 17.3. The predicted octanol–water partition coefficient (Wildman–Crippen LogP) is 5.46. The molecule has 178 valence electrons. The number of pyridine rings is 1. The Kier molecular flexibility index (Phi) is 5.81. The first-order chi connectivity index (χ1) is 16.8. The fourth-order valence-electron chi connectivity index (χ4n) is 5.05. The molecule has 4 aromatic rings. The molecule has 2 aromatic carbocycles. The number of aryl methyl sites for hydroxylation is 2. The Balaban J connectivity index is 1.63. The first-order valence-electron chi connectivity index (χ1n) is 11.5. The van der Waals surface area contributed by atoms with Gasteiger partial charge in [0.25, 0.3) is 5.91 Å². The Hall–Kier alpha value is -3.71. The molecule has 0 radical (unpaired) electrons. The van der Waals surface area contributed by atoms with Crippen molar-refractivity contribution in [2.75, 3.05) is 9.80 Å². The Morgan fingerprint density at radius 1 is 1.09 bits per heavy atom. The molecule has 1 aliphatic heterocycles. The number of rotatable bonds is 3. The molecule has 2 aromatic heterocycles. The Morgan fingerprint density at radius 2 is 1.77 bits per heavy atom. The molecule has 2 amide bonds. The van der Waals surface area contributed by atoms with Gasteiger partial charge in [-0.15, -0.1) is 0 Å². The smallest absolute Gasteiger partial charge is 0.279 e. The van der Waals surface area contributed by atoms with Crippen molar-refractivity contribution in [2.24, 2.45) is 7.05 Å². The van der Waals surface area contributed by atoms with Crippen molar-refractivity contribution in [1.29, 1.82) is 0 Å². The Labute approximate surface area is 208 Å². The fourth-order valence-corrected chi connectivity index (χ4v) is 5.27. The van der Waals surface area contributed by atoms with Crippen molar-refractivity contribution in [3.8, 4) is 0 Å². The number of aromatic nitrogens is 3. The van der Waals surface area contributed by atoms with Gasteiger partial charge in [-0.2, -0.15) is 5.10 Å². The molecule has 1 aliphatic rings. The molecule has 0 fully saturated rings. The molecule has 35 heavy (non-hydrogen) atoms. The van der Waals surface area contributed by atoms with Gasteiger partial charge in [-0.05, 0) is 49.6 Å². The third-order valence-electron chi connectivity index (χ3n) is 6.63. The van der Waals surface area contributed by atoms with E-state index in [2.05, 4.69) is 10.1 Å². The maximum atomic E-state index is 14.0. The van der Waals surface area contributed by atoms with E-state index in [-0.39, 0.29) is 29.6 Å². The lowest BCUT2D eigenvalue weighted by molar-refractivity contribution is -0.117. The number of halogens is 1. The van der Waals surface area contributed by atoms with Gasteiger partial charge in [0.05, 0.1) is 16.5 Å². The van der Waals surface area contributed by atoms with E-state index in [1.807, 2.05) is 73.3 Å². The van der Waals surface area contributed by atoms with Crippen LogP contribution in [0.25, 0.3) is 11.0 Å². The maximum Gasteiger partial charge on any atom is 0.279 e.